The van der Waals surface area contributed by atoms with Gasteiger partial charge >= 0.3 is 0 Å². The molecule has 0 aliphatic heterocycles. The standard InChI is InChI=1S/C14H12O2/c1(3-7-13-9-5-11-15-13)2-4-8-14-10-6-12-16-14/h1-12H/b2-1+,7-3-,8-4+. The molecule has 0 saturated carbocycles. The second-order valence-corrected chi connectivity index (χ2v) is 3.13. The number of furan rings is 2. The Morgan fingerprint density at radius 1 is 0.688 bits per heavy atom. The molecule has 80 valence electrons. The molecular weight excluding hydrogens is 200 g/mol. The van der Waals surface area contributed by atoms with Crippen LogP contribution in [0.1, 0.15) is 11.5 Å². The van der Waals surface area contributed by atoms with Crippen molar-refractivity contribution in [2.24, 2.45) is 0 Å². The van der Waals surface area contributed by atoms with Crippen LogP contribution < -0.4 is 0 Å². The fourth-order valence-electron chi connectivity index (χ4n) is 1.20. The highest BCUT2D eigenvalue weighted by Crippen LogP contribution is 2.03. The maximum Gasteiger partial charge on any atom is 0.126 e. The normalized spacial score (nSPS) is 12.2. The van der Waals surface area contributed by atoms with Gasteiger partial charge in [-0.25, -0.2) is 0 Å². The molecule has 0 amide bonds. The summed E-state index contributed by atoms with van der Waals surface area (Å²) in [5.41, 5.74) is 0. The lowest BCUT2D eigenvalue weighted by Crippen LogP contribution is -1.59. The van der Waals surface area contributed by atoms with Crippen molar-refractivity contribution < 1.29 is 8.83 Å². The van der Waals surface area contributed by atoms with E-state index in [4.69, 9.17) is 8.83 Å². The van der Waals surface area contributed by atoms with Crippen LogP contribution in [0, 0.1) is 0 Å². The number of hydrogen-bond acceptors (Lipinski definition) is 2. The minimum atomic E-state index is 0.847. The Morgan fingerprint density at radius 2 is 1.19 bits per heavy atom. The van der Waals surface area contributed by atoms with Crippen molar-refractivity contribution in [2.75, 3.05) is 0 Å². The number of rotatable bonds is 4. The highest BCUT2D eigenvalue weighted by Gasteiger charge is 1.84. The Balaban J connectivity index is 1.82. The summed E-state index contributed by atoms with van der Waals surface area (Å²) in [6.45, 7) is 0. The van der Waals surface area contributed by atoms with E-state index in [1.54, 1.807) is 12.5 Å². The Labute approximate surface area is 94.2 Å². The molecule has 2 heteroatoms. The van der Waals surface area contributed by atoms with Gasteiger partial charge in [0.2, 0.25) is 0 Å². The first-order valence-electron chi connectivity index (χ1n) is 5.03. The van der Waals surface area contributed by atoms with E-state index < -0.39 is 0 Å². The molecule has 0 N–H and O–H groups in total. The number of allylic oxidation sites excluding steroid dienone is 4. The van der Waals surface area contributed by atoms with Crippen LogP contribution in [0.3, 0.4) is 0 Å². The van der Waals surface area contributed by atoms with E-state index in [1.165, 1.54) is 0 Å². The molecule has 0 saturated heterocycles. The molecule has 0 fully saturated rings. The Morgan fingerprint density at radius 3 is 1.56 bits per heavy atom. The average Bonchev–Trinajstić information content (AvgIpc) is 2.96. The zero-order chi connectivity index (χ0) is 11.1. The van der Waals surface area contributed by atoms with Crippen LogP contribution in [0.15, 0.2) is 69.9 Å². The van der Waals surface area contributed by atoms with E-state index >= 15 is 0 Å². The average molecular weight is 212 g/mol. The van der Waals surface area contributed by atoms with E-state index in [9.17, 15) is 0 Å². The Hall–Kier alpha value is -2.22. The predicted octanol–water partition coefficient (Wildman–Crippen LogP) is 4.16. The maximum atomic E-state index is 5.15. The van der Waals surface area contributed by atoms with Gasteiger partial charge in [-0.2, -0.15) is 0 Å². The van der Waals surface area contributed by atoms with E-state index in [0.29, 0.717) is 0 Å². The SMILES string of the molecule is C(=C/c1ccco1)/C=C/C=C/c1ccco1. The highest BCUT2D eigenvalue weighted by molar-refractivity contribution is 5.47. The molecular formula is C14H12O2. The molecule has 0 spiro atoms. The van der Waals surface area contributed by atoms with Crippen LogP contribution in [0.2, 0.25) is 0 Å². The monoisotopic (exact) mass is 212 g/mol. The second-order valence-electron chi connectivity index (χ2n) is 3.13. The summed E-state index contributed by atoms with van der Waals surface area (Å²) in [5.74, 6) is 1.69. The third-order valence-electron chi connectivity index (χ3n) is 1.94. The lowest BCUT2D eigenvalue weighted by molar-refractivity contribution is 0.556. The van der Waals surface area contributed by atoms with Gasteiger partial charge in [0.1, 0.15) is 11.5 Å². The van der Waals surface area contributed by atoms with Gasteiger partial charge in [0.15, 0.2) is 0 Å². The second kappa shape index (κ2) is 5.61. The van der Waals surface area contributed by atoms with E-state index in [0.717, 1.165) is 11.5 Å². The molecule has 0 aliphatic carbocycles. The zero-order valence-electron chi connectivity index (χ0n) is 8.74. The van der Waals surface area contributed by atoms with Crippen molar-refractivity contribution >= 4 is 12.2 Å². The molecule has 0 bridgehead atoms. The van der Waals surface area contributed by atoms with E-state index in [-0.39, 0.29) is 0 Å². The fourth-order valence-corrected chi connectivity index (χ4v) is 1.20. The van der Waals surface area contributed by atoms with Crippen LogP contribution in [0.4, 0.5) is 0 Å². The quantitative estimate of drug-likeness (QED) is 0.711. The summed E-state index contributed by atoms with van der Waals surface area (Å²) < 4.78 is 10.3. The van der Waals surface area contributed by atoms with Crippen LogP contribution in [0.5, 0.6) is 0 Å². The molecule has 0 atom stereocenters. The minimum Gasteiger partial charge on any atom is -0.465 e. The molecule has 2 aromatic heterocycles. The molecule has 16 heavy (non-hydrogen) atoms. The van der Waals surface area contributed by atoms with E-state index in [1.807, 2.05) is 60.7 Å². The van der Waals surface area contributed by atoms with Crippen molar-refractivity contribution in [3.05, 3.63) is 72.6 Å². The summed E-state index contributed by atoms with van der Waals surface area (Å²) in [5, 5.41) is 0. The van der Waals surface area contributed by atoms with Gasteiger partial charge in [-0.3, -0.25) is 0 Å². The fraction of sp³-hybridized carbons (Fsp3) is 0. The Bertz CT molecular complexity index is 425. The first-order valence-corrected chi connectivity index (χ1v) is 5.03. The summed E-state index contributed by atoms with van der Waals surface area (Å²) in [6, 6.07) is 7.53. The van der Waals surface area contributed by atoms with E-state index in [2.05, 4.69) is 0 Å². The van der Waals surface area contributed by atoms with Gasteiger partial charge in [0.25, 0.3) is 0 Å². The molecule has 0 aromatic carbocycles. The van der Waals surface area contributed by atoms with Gasteiger partial charge in [-0.1, -0.05) is 24.3 Å². The molecule has 0 aliphatic rings. The van der Waals surface area contributed by atoms with Crippen molar-refractivity contribution in [1.82, 2.24) is 0 Å². The topological polar surface area (TPSA) is 26.3 Å². The van der Waals surface area contributed by atoms with Crippen LogP contribution in [-0.2, 0) is 0 Å². The van der Waals surface area contributed by atoms with Gasteiger partial charge < -0.3 is 8.83 Å². The summed E-state index contributed by atoms with van der Waals surface area (Å²) >= 11 is 0. The van der Waals surface area contributed by atoms with Crippen molar-refractivity contribution in [3.63, 3.8) is 0 Å². The van der Waals surface area contributed by atoms with Crippen LogP contribution in [-0.4, -0.2) is 0 Å². The summed E-state index contributed by atoms with van der Waals surface area (Å²) in [4.78, 5) is 0. The molecule has 2 heterocycles. The molecule has 2 rings (SSSR count). The lowest BCUT2D eigenvalue weighted by Gasteiger charge is -1.80. The lowest BCUT2D eigenvalue weighted by atomic mass is 10.3. The third kappa shape index (κ3) is 3.17. The highest BCUT2D eigenvalue weighted by atomic mass is 16.3. The maximum absolute atomic E-state index is 5.15. The summed E-state index contributed by atoms with van der Waals surface area (Å²) in [6.07, 6.45) is 14.8. The van der Waals surface area contributed by atoms with Gasteiger partial charge in [0.05, 0.1) is 12.5 Å². The first kappa shape index (κ1) is 10.3. The third-order valence-corrected chi connectivity index (χ3v) is 1.94. The molecule has 2 nitrogen and oxygen atoms in total. The van der Waals surface area contributed by atoms with Gasteiger partial charge in [-0.05, 0) is 36.4 Å². The molecule has 0 unspecified atom stereocenters. The predicted molar refractivity (Wildman–Crippen MR) is 64.6 cm³/mol. The van der Waals surface area contributed by atoms with Crippen LogP contribution in [0.25, 0.3) is 12.2 Å². The van der Waals surface area contributed by atoms with Gasteiger partial charge in [0, 0.05) is 0 Å². The summed E-state index contributed by atoms with van der Waals surface area (Å²) in [7, 11) is 0. The smallest absolute Gasteiger partial charge is 0.126 e. The molecule has 0 radical (unpaired) electrons. The van der Waals surface area contributed by atoms with Crippen molar-refractivity contribution in [1.29, 1.82) is 0 Å². The van der Waals surface area contributed by atoms with Crippen LogP contribution >= 0.6 is 0 Å². The van der Waals surface area contributed by atoms with Gasteiger partial charge in [-0.15, -0.1) is 0 Å². The zero-order valence-corrected chi connectivity index (χ0v) is 8.74. The largest absolute Gasteiger partial charge is 0.465 e. The number of hydrogen-bond donors (Lipinski definition) is 0. The molecule has 2 aromatic rings. The van der Waals surface area contributed by atoms with Crippen molar-refractivity contribution in [3.8, 4) is 0 Å². The van der Waals surface area contributed by atoms with Crippen molar-refractivity contribution in [2.45, 2.75) is 0 Å². The minimum absolute atomic E-state index is 0.847. The first-order chi connectivity index (χ1) is 7.95. The Kier molecular flexibility index (Phi) is 3.61.